The van der Waals surface area contributed by atoms with E-state index >= 15 is 0 Å². The van der Waals surface area contributed by atoms with E-state index in [4.69, 9.17) is 5.26 Å². The van der Waals surface area contributed by atoms with E-state index in [9.17, 15) is 5.11 Å². The van der Waals surface area contributed by atoms with Gasteiger partial charge in [0.05, 0.1) is 24.5 Å². The van der Waals surface area contributed by atoms with Crippen LogP contribution in [0.2, 0.25) is 0 Å². The minimum atomic E-state index is -0.216. The molecule has 2 N–H and O–H groups in total. The number of nitrogens with one attached hydrogen (secondary N) is 1. The molecule has 1 heterocycles. The second kappa shape index (κ2) is 6.32. The molecule has 1 aromatic carbocycles. The molecule has 0 unspecified atom stereocenters. The highest BCUT2D eigenvalue weighted by Gasteiger charge is 2.10. The molecule has 2 aromatic rings. The zero-order valence-corrected chi connectivity index (χ0v) is 11.6. The number of aliphatic hydroxyl groups is 1. The van der Waals surface area contributed by atoms with E-state index in [-0.39, 0.29) is 12.6 Å². The van der Waals surface area contributed by atoms with Crippen LogP contribution in [-0.2, 0) is 0 Å². The molecule has 0 aliphatic heterocycles. The monoisotopic (exact) mass is 317 g/mol. The standard InChI is InChI=1S/C14H12BrN3O/c15-11-3-1-2-10(6-11)14(9-19)18-13-5-4-12(7-16)17-8-13/h1-6,8,14,18-19H,9H2/t14-/m0/s1. The largest absolute Gasteiger partial charge is 0.394 e. The molecule has 0 spiro atoms. The number of nitriles is 1. The van der Waals surface area contributed by atoms with E-state index in [0.717, 1.165) is 15.7 Å². The third kappa shape index (κ3) is 3.53. The molecule has 0 bridgehead atoms. The first-order valence-corrected chi connectivity index (χ1v) is 6.51. The molecule has 4 nitrogen and oxygen atoms in total. The van der Waals surface area contributed by atoms with Gasteiger partial charge in [0, 0.05) is 4.47 Å². The number of anilines is 1. The third-order valence-electron chi connectivity index (χ3n) is 2.65. The molecule has 0 fully saturated rings. The normalized spacial score (nSPS) is 11.6. The molecular weight excluding hydrogens is 306 g/mol. The van der Waals surface area contributed by atoms with E-state index in [1.807, 2.05) is 30.3 Å². The summed E-state index contributed by atoms with van der Waals surface area (Å²) in [4.78, 5) is 3.98. The van der Waals surface area contributed by atoms with Crippen molar-refractivity contribution < 1.29 is 5.11 Å². The van der Waals surface area contributed by atoms with Gasteiger partial charge in [-0.1, -0.05) is 28.1 Å². The minimum absolute atomic E-state index is 0.0313. The van der Waals surface area contributed by atoms with Crippen molar-refractivity contribution in [1.82, 2.24) is 4.98 Å². The molecule has 0 radical (unpaired) electrons. The van der Waals surface area contributed by atoms with Gasteiger partial charge in [-0.2, -0.15) is 5.26 Å². The Labute approximate surface area is 119 Å². The van der Waals surface area contributed by atoms with Crippen LogP contribution in [0.3, 0.4) is 0 Å². The number of hydrogen-bond acceptors (Lipinski definition) is 4. The molecular formula is C14H12BrN3O. The van der Waals surface area contributed by atoms with E-state index in [0.29, 0.717) is 5.69 Å². The molecule has 5 heteroatoms. The Kier molecular flexibility index (Phi) is 4.50. The van der Waals surface area contributed by atoms with Crippen LogP contribution in [0.25, 0.3) is 0 Å². The number of aromatic nitrogens is 1. The fourth-order valence-electron chi connectivity index (χ4n) is 1.70. The maximum absolute atomic E-state index is 9.48. The van der Waals surface area contributed by atoms with Crippen molar-refractivity contribution in [2.24, 2.45) is 0 Å². The summed E-state index contributed by atoms with van der Waals surface area (Å²) in [6.07, 6.45) is 1.58. The lowest BCUT2D eigenvalue weighted by Gasteiger charge is -2.18. The molecule has 1 aromatic heterocycles. The van der Waals surface area contributed by atoms with Crippen LogP contribution in [0.15, 0.2) is 47.1 Å². The highest BCUT2D eigenvalue weighted by Crippen LogP contribution is 2.21. The second-order valence-corrected chi connectivity index (χ2v) is 4.89. The first-order valence-electron chi connectivity index (χ1n) is 5.72. The number of rotatable bonds is 4. The minimum Gasteiger partial charge on any atom is -0.394 e. The first kappa shape index (κ1) is 13.5. The van der Waals surface area contributed by atoms with Crippen LogP contribution in [0, 0.1) is 11.3 Å². The van der Waals surface area contributed by atoms with Gasteiger partial charge < -0.3 is 10.4 Å². The van der Waals surface area contributed by atoms with Crippen molar-refractivity contribution in [2.75, 3.05) is 11.9 Å². The molecule has 0 aliphatic carbocycles. The van der Waals surface area contributed by atoms with Crippen molar-refractivity contribution in [3.05, 3.63) is 58.3 Å². The predicted octanol–water partition coefficient (Wildman–Crippen LogP) is 2.86. The van der Waals surface area contributed by atoms with Crippen LogP contribution in [0.1, 0.15) is 17.3 Å². The van der Waals surface area contributed by atoms with Crippen molar-refractivity contribution >= 4 is 21.6 Å². The number of aliphatic hydroxyl groups excluding tert-OH is 1. The fourth-order valence-corrected chi connectivity index (χ4v) is 2.12. The molecule has 96 valence electrons. The average molecular weight is 318 g/mol. The number of halogens is 1. The number of nitrogens with zero attached hydrogens (tertiary/aromatic N) is 2. The molecule has 0 saturated carbocycles. The maximum atomic E-state index is 9.48. The summed E-state index contributed by atoms with van der Waals surface area (Å²) in [5.41, 5.74) is 2.10. The Morgan fingerprint density at radius 3 is 2.79 bits per heavy atom. The molecule has 0 amide bonds. The molecule has 2 rings (SSSR count). The summed E-state index contributed by atoms with van der Waals surface area (Å²) < 4.78 is 0.961. The van der Waals surface area contributed by atoms with Crippen molar-refractivity contribution in [1.29, 1.82) is 5.26 Å². The van der Waals surface area contributed by atoms with Gasteiger partial charge in [-0.3, -0.25) is 0 Å². The SMILES string of the molecule is N#Cc1ccc(N[C@@H](CO)c2cccc(Br)c2)cn1. The fraction of sp³-hybridized carbons (Fsp3) is 0.143. The van der Waals surface area contributed by atoms with Crippen molar-refractivity contribution in [3.63, 3.8) is 0 Å². The highest BCUT2D eigenvalue weighted by atomic mass is 79.9. The van der Waals surface area contributed by atoms with Gasteiger partial charge >= 0.3 is 0 Å². The summed E-state index contributed by atoms with van der Waals surface area (Å²) in [6.45, 7) is -0.0313. The van der Waals surface area contributed by atoms with E-state index in [1.165, 1.54) is 0 Å². The zero-order chi connectivity index (χ0) is 13.7. The number of benzene rings is 1. The Hall–Kier alpha value is -1.90. The van der Waals surface area contributed by atoms with E-state index in [2.05, 4.69) is 26.2 Å². The summed E-state index contributed by atoms with van der Waals surface area (Å²) in [6, 6.07) is 12.9. The summed E-state index contributed by atoms with van der Waals surface area (Å²) in [5, 5.41) is 21.3. The third-order valence-corrected chi connectivity index (χ3v) is 3.15. The van der Waals surface area contributed by atoms with Gasteiger partial charge in [0.2, 0.25) is 0 Å². The van der Waals surface area contributed by atoms with Crippen LogP contribution >= 0.6 is 15.9 Å². The van der Waals surface area contributed by atoms with Crippen LogP contribution in [0.5, 0.6) is 0 Å². The van der Waals surface area contributed by atoms with Crippen molar-refractivity contribution in [2.45, 2.75) is 6.04 Å². The Morgan fingerprint density at radius 1 is 1.37 bits per heavy atom. The van der Waals surface area contributed by atoms with Crippen molar-refractivity contribution in [3.8, 4) is 6.07 Å². The lowest BCUT2D eigenvalue weighted by Crippen LogP contribution is -2.15. The molecule has 1 atom stereocenters. The average Bonchev–Trinajstić information content (AvgIpc) is 2.45. The topological polar surface area (TPSA) is 68.9 Å². The van der Waals surface area contributed by atoms with Gasteiger partial charge in [0.1, 0.15) is 11.8 Å². The van der Waals surface area contributed by atoms with Crippen LogP contribution in [0.4, 0.5) is 5.69 Å². The zero-order valence-electron chi connectivity index (χ0n) is 10.0. The van der Waals surface area contributed by atoms with Gasteiger partial charge in [-0.05, 0) is 29.8 Å². The lowest BCUT2D eigenvalue weighted by atomic mass is 10.1. The summed E-state index contributed by atoms with van der Waals surface area (Å²) in [5.74, 6) is 0. The van der Waals surface area contributed by atoms with Gasteiger partial charge in [-0.25, -0.2) is 4.98 Å². The lowest BCUT2D eigenvalue weighted by molar-refractivity contribution is 0.276. The second-order valence-electron chi connectivity index (χ2n) is 3.98. The number of pyridine rings is 1. The Bertz CT molecular complexity index is 592. The molecule has 0 aliphatic rings. The highest BCUT2D eigenvalue weighted by molar-refractivity contribution is 9.10. The quantitative estimate of drug-likeness (QED) is 0.909. The van der Waals surface area contributed by atoms with Gasteiger partial charge in [-0.15, -0.1) is 0 Å². The predicted molar refractivity (Wildman–Crippen MR) is 76.5 cm³/mol. The van der Waals surface area contributed by atoms with Gasteiger partial charge in [0.25, 0.3) is 0 Å². The maximum Gasteiger partial charge on any atom is 0.140 e. The summed E-state index contributed by atoms with van der Waals surface area (Å²) >= 11 is 3.41. The number of hydrogen-bond donors (Lipinski definition) is 2. The molecule has 19 heavy (non-hydrogen) atoms. The smallest absolute Gasteiger partial charge is 0.140 e. The van der Waals surface area contributed by atoms with Gasteiger partial charge in [0.15, 0.2) is 0 Å². The Balaban J connectivity index is 2.17. The van der Waals surface area contributed by atoms with E-state index < -0.39 is 0 Å². The first-order chi connectivity index (χ1) is 9.22. The van der Waals surface area contributed by atoms with Crippen LogP contribution < -0.4 is 5.32 Å². The van der Waals surface area contributed by atoms with Crippen LogP contribution in [-0.4, -0.2) is 16.7 Å². The molecule has 0 saturated heterocycles. The van der Waals surface area contributed by atoms with E-state index in [1.54, 1.807) is 18.3 Å². The summed E-state index contributed by atoms with van der Waals surface area (Å²) in [7, 11) is 0. The Morgan fingerprint density at radius 2 is 2.21 bits per heavy atom.